The van der Waals surface area contributed by atoms with Gasteiger partial charge in [0.1, 0.15) is 12.6 Å². The number of aromatic nitrogens is 1. The summed E-state index contributed by atoms with van der Waals surface area (Å²) in [6.45, 7) is -1.48. The Labute approximate surface area is 227 Å². The van der Waals surface area contributed by atoms with Gasteiger partial charge in [-0.25, -0.2) is 13.6 Å². The molecule has 0 spiro atoms. The molecule has 3 aliphatic heterocycles. The largest absolute Gasteiger partial charge is 0.406 e. The number of benzene rings is 1. The van der Waals surface area contributed by atoms with Crippen LogP contribution in [0, 0.1) is 11.6 Å². The van der Waals surface area contributed by atoms with Crippen LogP contribution in [0.2, 0.25) is 0 Å². The molecule has 0 saturated carbocycles. The lowest BCUT2D eigenvalue weighted by atomic mass is 9.93. The highest BCUT2D eigenvalue weighted by molar-refractivity contribution is 6.01. The number of carbonyl (C=O) groups excluding carboxylic acids is 3. The molecule has 0 bridgehead atoms. The zero-order valence-electron chi connectivity index (χ0n) is 21.5. The molecule has 1 N–H and O–H groups in total. The van der Waals surface area contributed by atoms with Gasteiger partial charge in [0, 0.05) is 37.8 Å². The molecule has 13 heteroatoms. The van der Waals surface area contributed by atoms with Gasteiger partial charge in [-0.15, -0.1) is 0 Å². The zero-order valence-corrected chi connectivity index (χ0v) is 21.5. The molecule has 5 rings (SSSR count). The summed E-state index contributed by atoms with van der Waals surface area (Å²) in [6, 6.07) is 5.07. The average molecular weight is 566 g/mol. The molecule has 4 heterocycles. The molecule has 1 aromatic carbocycles. The van der Waals surface area contributed by atoms with E-state index in [1.54, 1.807) is 17.2 Å². The number of pyridine rings is 1. The number of anilines is 1. The number of halogens is 5. The molecule has 2 fully saturated rings. The number of rotatable bonds is 4. The highest BCUT2D eigenvalue weighted by atomic mass is 19.4. The van der Waals surface area contributed by atoms with Crippen molar-refractivity contribution in [2.75, 3.05) is 31.1 Å². The third-order valence-electron chi connectivity index (χ3n) is 7.77. The molecule has 0 aliphatic carbocycles. The molecule has 2 atom stereocenters. The second kappa shape index (κ2) is 11.0. The summed E-state index contributed by atoms with van der Waals surface area (Å²) in [4.78, 5) is 46.8. The number of hydrogen-bond acceptors (Lipinski definition) is 4. The molecule has 4 amide bonds. The number of likely N-dealkylation sites (tertiary alicyclic amines) is 2. The first kappa shape index (κ1) is 27.8. The van der Waals surface area contributed by atoms with Gasteiger partial charge in [0.25, 0.3) is 0 Å². The minimum absolute atomic E-state index is 0.0396. The standard InChI is InChI=1S/C27H28F5N5O3/c28-19-4-1-3-18(24(19)29)16-6-7-20(25(39)36(14-16)15-27(30,31)32)34-26(40)35-11-8-17(9-12-35)37-22-5-2-10-33-21(22)13-23(37)38/h1-5,10,16-17,20H,6-9,11-15H2,(H,34,40)/t16?,20-/m1/s1. The van der Waals surface area contributed by atoms with Crippen LogP contribution in [0.1, 0.15) is 42.9 Å². The van der Waals surface area contributed by atoms with Crippen molar-refractivity contribution in [3.63, 3.8) is 0 Å². The predicted molar refractivity (Wildman–Crippen MR) is 133 cm³/mol. The van der Waals surface area contributed by atoms with Crippen LogP contribution in [0.4, 0.5) is 32.4 Å². The first-order chi connectivity index (χ1) is 19.0. The number of amides is 4. The zero-order chi connectivity index (χ0) is 28.6. The number of hydrogen-bond donors (Lipinski definition) is 1. The number of alkyl halides is 3. The second-order valence-corrected chi connectivity index (χ2v) is 10.4. The molecule has 8 nitrogen and oxygen atoms in total. The lowest BCUT2D eigenvalue weighted by Crippen LogP contribution is -2.55. The highest BCUT2D eigenvalue weighted by Gasteiger charge is 2.41. The summed E-state index contributed by atoms with van der Waals surface area (Å²) in [5.41, 5.74) is 1.36. The van der Waals surface area contributed by atoms with Crippen LogP contribution in [0.3, 0.4) is 0 Å². The first-order valence-corrected chi connectivity index (χ1v) is 13.1. The van der Waals surface area contributed by atoms with Crippen molar-refractivity contribution < 1.29 is 36.3 Å². The fourth-order valence-corrected chi connectivity index (χ4v) is 5.86. The summed E-state index contributed by atoms with van der Waals surface area (Å²) >= 11 is 0. The van der Waals surface area contributed by atoms with E-state index in [1.165, 1.54) is 17.0 Å². The number of carbonyl (C=O) groups is 3. The van der Waals surface area contributed by atoms with Gasteiger partial charge in [-0.3, -0.25) is 14.6 Å². The summed E-state index contributed by atoms with van der Waals surface area (Å²) < 4.78 is 68.3. The quantitative estimate of drug-likeness (QED) is 0.573. The molecule has 3 aliphatic rings. The van der Waals surface area contributed by atoms with Gasteiger partial charge in [-0.1, -0.05) is 12.1 Å². The molecule has 1 aromatic heterocycles. The Balaban J connectivity index is 1.25. The Hall–Kier alpha value is -3.77. The highest BCUT2D eigenvalue weighted by Crippen LogP contribution is 2.33. The Kier molecular flexibility index (Phi) is 7.65. The van der Waals surface area contributed by atoms with E-state index in [1.807, 2.05) is 6.07 Å². The average Bonchev–Trinajstić information content (AvgIpc) is 3.18. The lowest BCUT2D eigenvalue weighted by Gasteiger charge is -2.37. The molecule has 2 saturated heterocycles. The number of urea groups is 1. The molecule has 1 unspecified atom stereocenters. The van der Waals surface area contributed by atoms with Crippen LogP contribution in [-0.4, -0.2) is 77.1 Å². The Morgan fingerprint density at radius 2 is 1.77 bits per heavy atom. The third-order valence-corrected chi connectivity index (χ3v) is 7.77. The van der Waals surface area contributed by atoms with Crippen LogP contribution in [0.5, 0.6) is 0 Å². The van der Waals surface area contributed by atoms with E-state index in [0.29, 0.717) is 23.4 Å². The fraction of sp³-hybridized carbons (Fsp3) is 0.481. The van der Waals surface area contributed by atoms with Gasteiger partial charge in [0.2, 0.25) is 11.8 Å². The van der Waals surface area contributed by atoms with E-state index in [4.69, 9.17) is 0 Å². The van der Waals surface area contributed by atoms with Crippen molar-refractivity contribution in [2.45, 2.75) is 56.3 Å². The first-order valence-electron chi connectivity index (χ1n) is 13.1. The predicted octanol–water partition coefficient (Wildman–Crippen LogP) is 3.76. The monoisotopic (exact) mass is 565 g/mol. The minimum Gasteiger partial charge on any atom is -0.331 e. The number of nitrogens with zero attached hydrogens (tertiary/aromatic N) is 4. The molecule has 2 aromatic rings. The third kappa shape index (κ3) is 5.73. The van der Waals surface area contributed by atoms with Gasteiger partial charge in [0.15, 0.2) is 11.6 Å². The topological polar surface area (TPSA) is 85.9 Å². The normalized spacial score (nSPS) is 22.4. The molecule has 214 valence electrons. The molecule has 0 radical (unpaired) electrons. The van der Waals surface area contributed by atoms with Gasteiger partial charge in [-0.05, 0) is 49.4 Å². The molecular weight excluding hydrogens is 537 g/mol. The summed E-state index contributed by atoms with van der Waals surface area (Å²) in [6.07, 6.45) is -1.89. The van der Waals surface area contributed by atoms with Crippen molar-refractivity contribution in [2.24, 2.45) is 0 Å². The molecule has 40 heavy (non-hydrogen) atoms. The van der Waals surface area contributed by atoms with Crippen LogP contribution >= 0.6 is 0 Å². The van der Waals surface area contributed by atoms with Gasteiger partial charge in [-0.2, -0.15) is 13.2 Å². The number of nitrogens with one attached hydrogen (secondary N) is 1. The number of piperidine rings is 1. The maximum absolute atomic E-state index is 14.5. The van der Waals surface area contributed by atoms with E-state index < -0.39 is 54.8 Å². The summed E-state index contributed by atoms with van der Waals surface area (Å²) in [5, 5.41) is 2.57. The van der Waals surface area contributed by atoms with Crippen LogP contribution < -0.4 is 10.2 Å². The minimum atomic E-state index is -4.72. The van der Waals surface area contributed by atoms with Crippen molar-refractivity contribution in [1.82, 2.24) is 20.1 Å². The van der Waals surface area contributed by atoms with E-state index in [0.717, 1.165) is 11.8 Å². The number of fused-ring (bicyclic) bond motifs is 1. The maximum atomic E-state index is 14.5. The summed E-state index contributed by atoms with van der Waals surface area (Å²) in [7, 11) is 0. The lowest BCUT2D eigenvalue weighted by molar-refractivity contribution is -0.162. The SMILES string of the molecule is O=C(N[C@@H]1CCC(c2cccc(F)c2F)CN(CC(F)(F)F)C1=O)N1CCC(N2C(=O)Cc3ncccc32)CC1. The maximum Gasteiger partial charge on any atom is 0.406 e. The van der Waals surface area contributed by atoms with Crippen molar-refractivity contribution in [3.8, 4) is 0 Å². The van der Waals surface area contributed by atoms with Crippen LogP contribution in [0.25, 0.3) is 0 Å². The van der Waals surface area contributed by atoms with Gasteiger partial charge in [0.05, 0.1) is 17.8 Å². The van der Waals surface area contributed by atoms with Crippen LogP contribution in [0.15, 0.2) is 36.5 Å². The fourth-order valence-electron chi connectivity index (χ4n) is 5.86. The van der Waals surface area contributed by atoms with E-state index in [2.05, 4.69) is 10.3 Å². The van der Waals surface area contributed by atoms with Gasteiger partial charge < -0.3 is 20.0 Å². The Morgan fingerprint density at radius 3 is 2.50 bits per heavy atom. The van der Waals surface area contributed by atoms with Crippen molar-refractivity contribution >= 4 is 23.5 Å². The second-order valence-electron chi connectivity index (χ2n) is 10.4. The Bertz CT molecular complexity index is 1300. The van der Waals surface area contributed by atoms with Crippen molar-refractivity contribution in [3.05, 3.63) is 59.4 Å². The van der Waals surface area contributed by atoms with Gasteiger partial charge >= 0.3 is 12.2 Å². The Morgan fingerprint density at radius 1 is 1.02 bits per heavy atom. The molecular formula is C27H28F5N5O3. The summed E-state index contributed by atoms with van der Waals surface area (Å²) in [5.74, 6) is -4.15. The smallest absolute Gasteiger partial charge is 0.331 e. The van der Waals surface area contributed by atoms with E-state index in [-0.39, 0.29) is 49.9 Å². The van der Waals surface area contributed by atoms with Crippen molar-refractivity contribution in [1.29, 1.82) is 0 Å². The van der Waals surface area contributed by atoms with E-state index >= 15 is 0 Å². The van der Waals surface area contributed by atoms with E-state index in [9.17, 15) is 36.3 Å². The van der Waals surface area contributed by atoms with Crippen LogP contribution in [-0.2, 0) is 16.0 Å².